The average Bonchev–Trinajstić information content (AvgIpc) is 2.25. The van der Waals surface area contributed by atoms with Gasteiger partial charge in [-0.1, -0.05) is 18.2 Å². The van der Waals surface area contributed by atoms with Crippen LogP contribution in [0.15, 0.2) is 24.3 Å². The van der Waals surface area contributed by atoms with Crippen LogP contribution < -0.4 is 5.32 Å². The molecule has 0 saturated heterocycles. The van der Waals surface area contributed by atoms with Gasteiger partial charge in [-0.25, -0.2) is 4.79 Å². The van der Waals surface area contributed by atoms with Crippen LogP contribution in [0.4, 0.5) is 10.5 Å². The van der Waals surface area contributed by atoms with Crippen molar-refractivity contribution in [3.05, 3.63) is 29.8 Å². The number of thiol groups is 1. The van der Waals surface area contributed by atoms with Gasteiger partial charge in [0.1, 0.15) is 5.60 Å². The molecule has 0 aliphatic carbocycles. The van der Waals surface area contributed by atoms with Crippen molar-refractivity contribution in [1.82, 2.24) is 0 Å². The zero-order valence-electron chi connectivity index (χ0n) is 11.2. The van der Waals surface area contributed by atoms with Crippen LogP contribution in [0.3, 0.4) is 0 Å². The fourth-order valence-electron chi connectivity index (χ4n) is 1.54. The van der Waals surface area contributed by atoms with Crippen LogP contribution in [0.1, 0.15) is 32.8 Å². The van der Waals surface area contributed by atoms with Crippen molar-refractivity contribution in [3.8, 4) is 0 Å². The van der Waals surface area contributed by atoms with Gasteiger partial charge >= 0.3 is 6.09 Å². The normalized spacial score (nSPS) is 11.1. The average molecular weight is 267 g/mol. The third-order valence-corrected chi connectivity index (χ3v) is 2.57. The van der Waals surface area contributed by atoms with E-state index in [4.69, 9.17) is 4.74 Å². The molecule has 0 radical (unpaired) electrons. The van der Waals surface area contributed by atoms with Crippen LogP contribution in [0, 0.1) is 0 Å². The minimum atomic E-state index is -0.482. The molecule has 1 aromatic carbocycles. The number of anilines is 1. The van der Waals surface area contributed by atoms with Crippen molar-refractivity contribution in [2.75, 3.05) is 11.1 Å². The van der Waals surface area contributed by atoms with Gasteiger partial charge in [0.2, 0.25) is 0 Å². The number of amides is 1. The number of carbonyl (C=O) groups is 1. The Kier molecular flexibility index (Phi) is 5.54. The predicted octanol–water partition coefficient (Wildman–Crippen LogP) is 3.90. The molecular formula is C14H21NO2S. The Balaban J connectivity index is 2.68. The smallest absolute Gasteiger partial charge is 0.412 e. The number of rotatable bonds is 4. The number of benzene rings is 1. The number of para-hydroxylation sites is 1. The fourth-order valence-corrected chi connectivity index (χ4v) is 1.70. The highest BCUT2D eigenvalue weighted by Gasteiger charge is 2.16. The van der Waals surface area contributed by atoms with Crippen molar-refractivity contribution in [2.45, 2.75) is 39.2 Å². The van der Waals surface area contributed by atoms with Gasteiger partial charge in [0, 0.05) is 5.69 Å². The summed E-state index contributed by atoms with van der Waals surface area (Å²) in [5.41, 5.74) is 1.44. The van der Waals surface area contributed by atoms with Gasteiger partial charge < -0.3 is 4.74 Å². The Morgan fingerprint density at radius 3 is 2.61 bits per heavy atom. The van der Waals surface area contributed by atoms with Crippen molar-refractivity contribution in [2.24, 2.45) is 0 Å². The molecule has 3 nitrogen and oxygen atoms in total. The first-order valence-corrected chi connectivity index (χ1v) is 6.74. The monoisotopic (exact) mass is 267 g/mol. The third kappa shape index (κ3) is 5.45. The molecule has 0 aliphatic heterocycles. The van der Waals surface area contributed by atoms with E-state index in [0.717, 1.165) is 29.8 Å². The van der Waals surface area contributed by atoms with Gasteiger partial charge in [0.25, 0.3) is 0 Å². The summed E-state index contributed by atoms with van der Waals surface area (Å²) in [7, 11) is 0. The van der Waals surface area contributed by atoms with E-state index >= 15 is 0 Å². The van der Waals surface area contributed by atoms with Crippen molar-refractivity contribution >= 4 is 24.4 Å². The molecule has 1 aromatic rings. The Hall–Kier alpha value is -1.16. The first-order chi connectivity index (χ1) is 8.42. The maximum atomic E-state index is 11.7. The molecule has 0 bridgehead atoms. The molecule has 0 heterocycles. The van der Waals surface area contributed by atoms with Gasteiger partial charge in [-0.3, -0.25) is 5.32 Å². The summed E-state index contributed by atoms with van der Waals surface area (Å²) >= 11 is 4.20. The number of ether oxygens (including phenoxy) is 1. The molecular weight excluding hydrogens is 246 g/mol. The molecule has 0 saturated carbocycles. The molecule has 0 aromatic heterocycles. The maximum absolute atomic E-state index is 11.7. The molecule has 0 spiro atoms. The summed E-state index contributed by atoms with van der Waals surface area (Å²) in [6.45, 7) is 5.54. The standard InChI is InChI=1S/C14H21NO2S/c1-14(2,3)17-13(16)15-12-9-5-4-7-11(12)8-6-10-18/h4-5,7,9,18H,6,8,10H2,1-3H3,(H,15,16). The van der Waals surface area contributed by atoms with Crippen LogP contribution in [0.25, 0.3) is 0 Å². The highest BCUT2D eigenvalue weighted by molar-refractivity contribution is 7.80. The van der Waals surface area contributed by atoms with E-state index in [2.05, 4.69) is 17.9 Å². The molecule has 0 fully saturated rings. The molecule has 18 heavy (non-hydrogen) atoms. The lowest BCUT2D eigenvalue weighted by atomic mass is 10.1. The van der Waals surface area contributed by atoms with Gasteiger partial charge in [-0.2, -0.15) is 12.6 Å². The van der Waals surface area contributed by atoms with E-state index in [0.29, 0.717) is 0 Å². The van der Waals surface area contributed by atoms with Gasteiger partial charge in [0.15, 0.2) is 0 Å². The van der Waals surface area contributed by atoms with Gasteiger partial charge in [-0.15, -0.1) is 0 Å². The largest absolute Gasteiger partial charge is 0.444 e. The molecule has 0 aliphatic rings. The Morgan fingerprint density at radius 2 is 2.00 bits per heavy atom. The minimum Gasteiger partial charge on any atom is -0.444 e. The first-order valence-electron chi connectivity index (χ1n) is 6.11. The van der Waals surface area contributed by atoms with Gasteiger partial charge in [0.05, 0.1) is 0 Å². The third-order valence-electron chi connectivity index (χ3n) is 2.26. The molecule has 4 heteroatoms. The van der Waals surface area contributed by atoms with E-state index in [-0.39, 0.29) is 0 Å². The summed E-state index contributed by atoms with van der Waals surface area (Å²) in [5, 5.41) is 2.79. The second kappa shape index (κ2) is 6.69. The molecule has 1 rings (SSSR count). The molecule has 1 N–H and O–H groups in total. The summed E-state index contributed by atoms with van der Waals surface area (Å²) < 4.78 is 5.24. The van der Waals surface area contributed by atoms with Crippen molar-refractivity contribution in [1.29, 1.82) is 0 Å². The first kappa shape index (κ1) is 14.9. The molecule has 100 valence electrons. The lowest BCUT2D eigenvalue weighted by Crippen LogP contribution is -2.27. The van der Waals surface area contributed by atoms with E-state index in [9.17, 15) is 4.79 Å². The quantitative estimate of drug-likeness (QED) is 0.812. The minimum absolute atomic E-state index is 0.416. The zero-order chi connectivity index (χ0) is 13.6. The number of nitrogens with one attached hydrogen (secondary N) is 1. The predicted molar refractivity (Wildman–Crippen MR) is 78.5 cm³/mol. The van der Waals surface area contributed by atoms with E-state index in [1.165, 1.54) is 0 Å². The summed E-state index contributed by atoms with van der Waals surface area (Å²) in [6, 6.07) is 7.76. The van der Waals surface area contributed by atoms with Crippen LogP contribution >= 0.6 is 12.6 Å². The fraction of sp³-hybridized carbons (Fsp3) is 0.500. The summed E-state index contributed by atoms with van der Waals surface area (Å²) in [4.78, 5) is 11.7. The van der Waals surface area contributed by atoms with E-state index in [1.807, 2.05) is 45.0 Å². The second-order valence-corrected chi connectivity index (χ2v) is 5.56. The molecule has 0 atom stereocenters. The van der Waals surface area contributed by atoms with Crippen LogP contribution in [-0.4, -0.2) is 17.4 Å². The maximum Gasteiger partial charge on any atom is 0.412 e. The topological polar surface area (TPSA) is 38.3 Å². The van der Waals surface area contributed by atoms with Crippen LogP contribution in [0.2, 0.25) is 0 Å². The highest BCUT2D eigenvalue weighted by Crippen LogP contribution is 2.18. The summed E-state index contributed by atoms with van der Waals surface area (Å²) in [5.74, 6) is 0.834. The highest BCUT2D eigenvalue weighted by atomic mass is 32.1. The number of hydrogen-bond donors (Lipinski definition) is 2. The van der Waals surface area contributed by atoms with E-state index in [1.54, 1.807) is 0 Å². The van der Waals surface area contributed by atoms with Gasteiger partial charge in [-0.05, 0) is 51.0 Å². The number of carbonyl (C=O) groups excluding carboxylic acids is 1. The van der Waals surface area contributed by atoms with Crippen LogP contribution in [0.5, 0.6) is 0 Å². The van der Waals surface area contributed by atoms with Crippen LogP contribution in [-0.2, 0) is 11.2 Å². The summed E-state index contributed by atoms with van der Waals surface area (Å²) in [6.07, 6.45) is 1.46. The lowest BCUT2D eigenvalue weighted by Gasteiger charge is -2.20. The lowest BCUT2D eigenvalue weighted by molar-refractivity contribution is 0.0636. The number of aryl methyl sites for hydroxylation is 1. The van der Waals surface area contributed by atoms with E-state index < -0.39 is 11.7 Å². The SMILES string of the molecule is CC(C)(C)OC(=O)Nc1ccccc1CCCS. The van der Waals surface area contributed by atoms with Crippen molar-refractivity contribution in [3.63, 3.8) is 0 Å². The molecule has 1 amide bonds. The number of hydrogen-bond acceptors (Lipinski definition) is 3. The van der Waals surface area contributed by atoms with Crippen molar-refractivity contribution < 1.29 is 9.53 Å². The second-order valence-electron chi connectivity index (χ2n) is 5.11. The Labute approximate surface area is 114 Å². The molecule has 0 unspecified atom stereocenters. The zero-order valence-corrected chi connectivity index (χ0v) is 12.1. The Morgan fingerprint density at radius 1 is 1.33 bits per heavy atom. The Bertz CT molecular complexity index is 399.